The van der Waals surface area contributed by atoms with Crippen molar-refractivity contribution >= 4 is 45.7 Å². The smallest absolute Gasteiger partial charge is 0.105 e. The topological polar surface area (TPSA) is 76.8 Å². The maximum Gasteiger partial charge on any atom is 0.105 e. The molecule has 0 aliphatic rings. The van der Waals surface area contributed by atoms with Crippen LogP contribution in [0.2, 0.25) is 0 Å². The number of hydrogen-bond donors (Lipinski definition) is 2. The lowest BCUT2D eigenvalue weighted by Gasteiger charge is -2.03. The maximum atomic E-state index is 5.92. The van der Waals surface area contributed by atoms with Gasteiger partial charge in [0, 0.05) is 13.1 Å². The Balaban J connectivity index is 0. The number of aliphatic imine (C=N–C) groups is 2. The third-order valence-corrected chi connectivity index (χ3v) is 5.85. The molecule has 4 nitrogen and oxygen atoms in total. The molecular formula is C18H39ClN4S2. The number of nitrogens with two attached hydrogens (primary N) is 2. The van der Waals surface area contributed by atoms with Crippen LogP contribution in [0, 0.1) is 0 Å². The fourth-order valence-corrected chi connectivity index (χ4v) is 3.99. The predicted octanol–water partition coefficient (Wildman–Crippen LogP) is 5.44. The largest absolute Gasteiger partial charge is 0.387 e. The van der Waals surface area contributed by atoms with Crippen molar-refractivity contribution in [2.24, 2.45) is 21.5 Å². The summed E-state index contributed by atoms with van der Waals surface area (Å²) in [7, 11) is 3.42. The Morgan fingerprint density at radius 1 is 0.640 bits per heavy atom. The molecule has 0 radical (unpaired) electrons. The second-order valence-corrected chi connectivity index (χ2v) is 8.56. The first-order chi connectivity index (χ1) is 11.7. The highest BCUT2D eigenvalue weighted by molar-refractivity contribution is 8.77. The molecule has 7 heteroatoms. The van der Waals surface area contributed by atoms with E-state index in [0.29, 0.717) is 0 Å². The van der Waals surface area contributed by atoms with Crippen molar-refractivity contribution in [3.63, 3.8) is 0 Å². The van der Waals surface area contributed by atoms with Crippen molar-refractivity contribution in [1.29, 1.82) is 0 Å². The van der Waals surface area contributed by atoms with E-state index in [1.54, 1.807) is 21.6 Å². The van der Waals surface area contributed by atoms with Crippen LogP contribution in [0.25, 0.3) is 0 Å². The number of nitrogens with zero attached hydrogens (tertiary/aromatic N) is 2. The molecule has 0 unspecified atom stereocenters. The van der Waals surface area contributed by atoms with Gasteiger partial charge in [0.25, 0.3) is 0 Å². The van der Waals surface area contributed by atoms with Crippen LogP contribution < -0.4 is 11.5 Å². The van der Waals surface area contributed by atoms with Crippen LogP contribution in [-0.4, -0.2) is 36.3 Å². The van der Waals surface area contributed by atoms with Gasteiger partial charge in [-0.25, -0.2) is 0 Å². The number of rotatable bonds is 17. The van der Waals surface area contributed by atoms with Crippen molar-refractivity contribution in [3.8, 4) is 0 Å². The molecule has 0 atom stereocenters. The monoisotopic (exact) mass is 410 g/mol. The average molecular weight is 411 g/mol. The second-order valence-electron chi connectivity index (χ2n) is 6.10. The van der Waals surface area contributed by atoms with E-state index in [0.717, 1.165) is 49.1 Å². The molecule has 0 rings (SSSR count). The van der Waals surface area contributed by atoms with Gasteiger partial charge in [-0.2, -0.15) is 0 Å². The minimum absolute atomic E-state index is 0. The fraction of sp³-hybridized carbons (Fsp3) is 0.889. The number of amidine groups is 2. The Morgan fingerprint density at radius 2 is 1.00 bits per heavy atom. The van der Waals surface area contributed by atoms with Gasteiger partial charge < -0.3 is 11.5 Å². The molecule has 0 aromatic rings. The zero-order chi connectivity index (χ0) is 17.9. The summed E-state index contributed by atoms with van der Waals surface area (Å²) >= 11 is 0. The second kappa shape index (κ2) is 22.0. The Bertz CT molecular complexity index is 307. The Morgan fingerprint density at radius 3 is 1.36 bits per heavy atom. The lowest BCUT2D eigenvalue weighted by atomic mass is 10.2. The van der Waals surface area contributed by atoms with E-state index in [9.17, 15) is 0 Å². The molecule has 4 N–H and O–H groups in total. The maximum absolute atomic E-state index is 5.92. The molecule has 0 saturated heterocycles. The molecule has 0 aliphatic carbocycles. The standard InChI is InChI=1S/C18H38N4S2.ClH/c1-3-5-7-9-11-13-21-17(19)15-23-24-16-18(20)22-14-12-10-8-6-4-2;/h3-16H2,1-2H3,(H2,19,21)(H2,20,22);1H. The van der Waals surface area contributed by atoms with Crippen molar-refractivity contribution in [1.82, 2.24) is 0 Å². The van der Waals surface area contributed by atoms with Crippen LogP contribution in [0.3, 0.4) is 0 Å². The highest BCUT2D eigenvalue weighted by Gasteiger charge is 1.98. The lowest BCUT2D eigenvalue weighted by Crippen LogP contribution is -2.17. The molecular weight excluding hydrogens is 372 g/mol. The van der Waals surface area contributed by atoms with Gasteiger partial charge in [0.2, 0.25) is 0 Å². The molecule has 0 heterocycles. The Hall–Kier alpha value is -0.0700. The number of hydrogen-bond acceptors (Lipinski definition) is 4. The zero-order valence-electron chi connectivity index (χ0n) is 16.2. The predicted molar refractivity (Wildman–Crippen MR) is 123 cm³/mol. The van der Waals surface area contributed by atoms with Gasteiger partial charge in [-0.1, -0.05) is 86.8 Å². The molecule has 0 bridgehead atoms. The third kappa shape index (κ3) is 21.9. The van der Waals surface area contributed by atoms with Gasteiger partial charge in [0.05, 0.1) is 11.5 Å². The molecule has 0 amide bonds. The average Bonchev–Trinajstić information content (AvgIpc) is 2.58. The van der Waals surface area contributed by atoms with Gasteiger partial charge in [-0.05, 0) is 12.8 Å². The summed E-state index contributed by atoms with van der Waals surface area (Å²) in [5.41, 5.74) is 11.8. The minimum atomic E-state index is 0. The SMILES string of the molecule is CCCCCCCN=C(N)CSSCC(N)=NCCCCCCC.Cl. The van der Waals surface area contributed by atoms with Gasteiger partial charge in [0.15, 0.2) is 0 Å². The normalized spacial score (nSPS) is 12.2. The summed E-state index contributed by atoms with van der Waals surface area (Å²) in [5, 5.41) is 0. The number of halogens is 1. The molecule has 0 spiro atoms. The lowest BCUT2D eigenvalue weighted by molar-refractivity contribution is 0.638. The van der Waals surface area contributed by atoms with E-state index < -0.39 is 0 Å². The van der Waals surface area contributed by atoms with Crippen LogP contribution in [0.1, 0.15) is 78.1 Å². The van der Waals surface area contributed by atoms with Crippen LogP contribution in [-0.2, 0) is 0 Å². The molecule has 25 heavy (non-hydrogen) atoms. The highest BCUT2D eigenvalue weighted by Crippen LogP contribution is 2.20. The molecule has 0 fully saturated rings. The van der Waals surface area contributed by atoms with E-state index >= 15 is 0 Å². The molecule has 0 aliphatic heterocycles. The van der Waals surface area contributed by atoms with Gasteiger partial charge in [0.1, 0.15) is 11.7 Å². The fourth-order valence-electron chi connectivity index (χ4n) is 2.17. The van der Waals surface area contributed by atoms with Crippen molar-refractivity contribution in [2.45, 2.75) is 78.1 Å². The molecule has 0 aromatic carbocycles. The van der Waals surface area contributed by atoms with E-state index in [-0.39, 0.29) is 12.4 Å². The first-order valence-electron chi connectivity index (χ1n) is 9.52. The first-order valence-corrected chi connectivity index (χ1v) is 12.0. The first kappa shape index (κ1) is 27.2. The Labute approximate surface area is 169 Å². The van der Waals surface area contributed by atoms with Crippen molar-refractivity contribution in [2.75, 3.05) is 24.6 Å². The van der Waals surface area contributed by atoms with E-state index in [1.807, 2.05) is 0 Å². The van der Waals surface area contributed by atoms with E-state index in [4.69, 9.17) is 11.5 Å². The van der Waals surface area contributed by atoms with Gasteiger partial charge in [-0.3, -0.25) is 9.98 Å². The Kier molecular flexibility index (Phi) is 23.9. The summed E-state index contributed by atoms with van der Waals surface area (Å²) in [4.78, 5) is 8.84. The van der Waals surface area contributed by atoms with Crippen molar-refractivity contribution < 1.29 is 0 Å². The van der Waals surface area contributed by atoms with Gasteiger partial charge >= 0.3 is 0 Å². The number of unbranched alkanes of at least 4 members (excludes halogenated alkanes) is 8. The quantitative estimate of drug-likeness (QED) is 0.145. The molecule has 0 saturated carbocycles. The summed E-state index contributed by atoms with van der Waals surface area (Å²) in [6.07, 6.45) is 12.7. The van der Waals surface area contributed by atoms with Crippen LogP contribution in [0.5, 0.6) is 0 Å². The summed E-state index contributed by atoms with van der Waals surface area (Å²) in [6.45, 7) is 6.19. The molecule has 0 aromatic heterocycles. The van der Waals surface area contributed by atoms with Crippen molar-refractivity contribution in [3.05, 3.63) is 0 Å². The summed E-state index contributed by atoms with van der Waals surface area (Å²) in [5.74, 6) is 3.03. The summed E-state index contributed by atoms with van der Waals surface area (Å²) < 4.78 is 0. The highest BCUT2D eigenvalue weighted by atomic mass is 35.5. The van der Waals surface area contributed by atoms with E-state index in [2.05, 4.69) is 23.8 Å². The molecule has 150 valence electrons. The minimum Gasteiger partial charge on any atom is -0.387 e. The van der Waals surface area contributed by atoms with Crippen LogP contribution in [0.4, 0.5) is 0 Å². The van der Waals surface area contributed by atoms with Crippen LogP contribution >= 0.6 is 34.0 Å². The zero-order valence-corrected chi connectivity index (χ0v) is 18.6. The van der Waals surface area contributed by atoms with E-state index in [1.165, 1.54) is 51.4 Å². The third-order valence-electron chi connectivity index (χ3n) is 3.65. The van der Waals surface area contributed by atoms with Crippen LogP contribution in [0.15, 0.2) is 9.98 Å². The summed E-state index contributed by atoms with van der Waals surface area (Å²) in [6, 6.07) is 0. The van der Waals surface area contributed by atoms with Gasteiger partial charge in [-0.15, -0.1) is 12.4 Å².